The molecule has 1 aliphatic heterocycles. The van der Waals surface area contributed by atoms with Gasteiger partial charge in [-0.3, -0.25) is 4.79 Å². The summed E-state index contributed by atoms with van der Waals surface area (Å²) in [6.45, 7) is 7.02. The maximum absolute atomic E-state index is 12.4. The summed E-state index contributed by atoms with van der Waals surface area (Å²) in [6.07, 6.45) is 2.43. The molecule has 0 saturated carbocycles. The van der Waals surface area contributed by atoms with Gasteiger partial charge in [0.25, 0.3) is 0 Å². The number of para-hydroxylation sites is 1. The van der Waals surface area contributed by atoms with Gasteiger partial charge in [-0.1, -0.05) is 32.0 Å². The lowest BCUT2D eigenvalue weighted by atomic mass is 9.93. The first-order valence-electron chi connectivity index (χ1n) is 7.89. The molecule has 2 N–H and O–H groups in total. The van der Waals surface area contributed by atoms with Gasteiger partial charge in [0.2, 0.25) is 5.91 Å². The monoisotopic (exact) mass is 290 g/mol. The molecular weight excluding hydrogens is 264 g/mol. The third-order valence-electron chi connectivity index (χ3n) is 4.25. The van der Waals surface area contributed by atoms with E-state index < -0.39 is 0 Å². The maximum atomic E-state index is 12.4. The van der Waals surface area contributed by atoms with E-state index in [4.69, 9.17) is 0 Å². The molecule has 2 atom stereocenters. The Morgan fingerprint density at radius 3 is 2.86 bits per heavy atom. The van der Waals surface area contributed by atoms with E-state index in [0.717, 1.165) is 32.5 Å². The summed E-state index contributed by atoms with van der Waals surface area (Å²) in [5.41, 5.74) is 0.710. The molecule has 1 amide bonds. The zero-order valence-corrected chi connectivity index (χ0v) is 13.0. The minimum atomic E-state index is 0.109. The summed E-state index contributed by atoms with van der Waals surface area (Å²) in [5, 5.41) is 13.3. The third-order valence-corrected chi connectivity index (χ3v) is 4.25. The summed E-state index contributed by atoms with van der Waals surface area (Å²) in [6, 6.07) is 7.58. The van der Waals surface area contributed by atoms with E-state index in [0.29, 0.717) is 17.5 Å². The van der Waals surface area contributed by atoms with Crippen LogP contribution in [0.5, 0.6) is 5.75 Å². The fraction of sp³-hybridized carbons (Fsp3) is 0.588. The molecule has 4 nitrogen and oxygen atoms in total. The second kappa shape index (κ2) is 7.46. The topological polar surface area (TPSA) is 52.6 Å². The van der Waals surface area contributed by atoms with Gasteiger partial charge in [-0.05, 0) is 31.4 Å². The first kappa shape index (κ1) is 15.8. The molecule has 2 rings (SSSR count). The van der Waals surface area contributed by atoms with Crippen molar-refractivity contribution < 1.29 is 9.90 Å². The molecule has 1 saturated heterocycles. The predicted molar refractivity (Wildman–Crippen MR) is 84.3 cm³/mol. The number of piperidine rings is 1. The van der Waals surface area contributed by atoms with Crippen molar-refractivity contribution in [2.75, 3.05) is 19.6 Å². The van der Waals surface area contributed by atoms with Crippen LogP contribution in [-0.2, 0) is 11.2 Å². The summed E-state index contributed by atoms with van der Waals surface area (Å²) in [5.74, 6) is 0.786. The van der Waals surface area contributed by atoms with Gasteiger partial charge in [-0.2, -0.15) is 0 Å². The highest BCUT2D eigenvalue weighted by molar-refractivity contribution is 5.79. The van der Waals surface area contributed by atoms with Crippen LogP contribution in [0.3, 0.4) is 0 Å². The average Bonchev–Trinajstić information content (AvgIpc) is 2.48. The molecule has 0 spiro atoms. The van der Waals surface area contributed by atoms with Crippen LogP contribution >= 0.6 is 0 Å². The molecule has 1 heterocycles. The van der Waals surface area contributed by atoms with Crippen LogP contribution in [0.25, 0.3) is 0 Å². The Labute approximate surface area is 127 Å². The molecule has 0 aliphatic carbocycles. The van der Waals surface area contributed by atoms with Crippen molar-refractivity contribution in [3.63, 3.8) is 0 Å². The largest absolute Gasteiger partial charge is 0.508 e. The van der Waals surface area contributed by atoms with E-state index in [1.807, 2.05) is 17.0 Å². The zero-order chi connectivity index (χ0) is 15.2. The molecule has 1 aromatic rings. The molecule has 116 valence electrons. The smallest absolute Gasteiger partial charge is 0.227 e. The van der Waals surface area contributed by atoms with Crippen molar-refractivity contribution >= 4 is 5.91 Å². The number of carbonyl (C=O) groups is 1. The number of hydrogen-bond donors (Lipinski definition) is 2. The summed E-state index contributed by atoms with van der Waals surface area (Å²) in [7, 11) is 0. The fourth-order valence-electron chi connectivity index (χ4n) is 2.94. The highest BCUT2D eigenvalue weighted by Gasteiger charge is 2.28. The normalized spacial score (nSPS) is 22.3. The molecule has 2 unspecified atom stereocenters. The molecular formula is C17H26N2O2. The number of nitrogens with zero attached hydrogens (tertiary/aromatic N) is 1. The summed E-state index contributed by atoms with van der Waals surface area (Å²) >= 11 is 0. The first-order chi connectivity index (χ1) is 10.1. The first-order valence-corrected chi connectivity index (χ1v) is 7.89. The predicted octanol–water partition coefficient (Wildman–Crippen LogP) is 2.17. The van der Waals surface area contributed by atoms with Gasteiger partial charge < -0.3 is 15.3 Å². The van der Waals surface area contributed by atoms with Crippen LogP contribution in [0.1, 0.15) is 32.3 Å². The van der Waals surface area contributed by atoms with E-state index >= 15 is 0 Å². The van der Waals surface area contributed by atoms with Gasteiger partial charge in [0.05, 0.1) is 6.42 Å². The molecule has 4 heteroatoms. The highest BCUT2D eigenvalue weighted by atomic mass is 16.3. The number of carbonyl (C=O) groups excluding carboxylic acids is 1. The Balaban J connectivity index is 1.89. The van der Waals surface area contributed by atoms with Crippen molar-refractivity contribution in [1.82, 2.24) is 10.2 Å². The number of phenolic OH excluding ortho intramolecular Hbond substituents is 1. The molecule has 0 radical (unpaired) electrons. The van der Waals surface area contributed by atoms with Crippen molar-refractivity contribution in [3.8, 4) is 5.75 Å². The van der Waals surface area contributed by atoms with Crippen molar-refractivity contribution in [1.29, 1.82) is 0 Å². The molecule has 1 aromatic carbocycles. The van der Waals surface area contributed by atoms with Gasteiger partial charge in [0, 0.05) is 24.7 Å². The number of aromatic hydroxyl groups is 1. The van der Waals surface area contributed by atoms with Crippen LogP contribution in [0.2, 0.25) is 0 Å². The number of amides is 1. The van der Waals surface area contributed by atoms with E-state index in [1.54, 1.807) is 12.1 Å². The number of benzene rings is 1. The van der Waals surface area contributed by atoms with Gasteiger partial charge in [0.15, 0.2) is 0 Å². The Hall–Kier alpha value is -1.55. The molecule has 21 heavy (non-hydrogen) atoms. The van der Waals surface area contributed by atoms with Crippen molar-refractivity contribution in [2.24, 2.45) is 5.92 Å². The Morgan fingerprint density at radius 1 is 1.43 bits per heavy atom. The van der Waals surface area contributed by atoms with Gasteiger partial charge >= 0.3 is 0 Å². The second-order valence-corrected chi connectivity index (χ2v) is 5.97. The van der Waals surface area contributed by atoms with Crippen LogP contribution in [0.15, 0.2) is 24.3 Å². The minimum Gasteiger partial charge on any atom is -0.508 e. The summed E-state index contributed by atoms with van der Waals surface area (Å²) in [4.78, 5) is 14.3. The fourth-order valence-corrected chi connectivity index (χ4v) is 2.94. The average molecular weight is 290 g/mol. The van der Waals surface area contributed by atoms with Gasteiger partial charge in [-0.15, -0.1) is 0 Å². The van der Waals surface area contributed by atoms with Crippen molar-refractivity contribution in [2.45, 2.75) is 39.2 Å². The Kier molecular flexibility index (Phi) is 5.62. The Bertz CT molecular complexity index is 476. The zero-order valence-electron chi connectivity index (χ0n) is 13.0. The lowest BCUT2D eigenvalue weighted by Gasteiger charge is -2.37. The van der Waals surface area contributed by atoms with Crippen LogP contribution in [-0.4, -0.2) is 41.6 Å². The Morgan fingerprint density at radius 2 is 2.19 bits per heavy atom. The molecule has 1 aliphatic rings. The highest BCUT2D eigenvalue weighted by Crippen LogP contribution is 2.20. The molecule has 0 bridgehead atoms. The van der Waals surface area contributed by atoms with Gasteiger partial charge in [-0.25, -0.2) is 0 Å². The quantitative estimate of drug-likeness (QED) is 0.874. The van der Waals surface area contributed by atoms with E-state index in [2.05, 4.69) is 19.2 Å². The number of nitrogens with one attached hydrogen (secondary N) is 1. The number of likely N-dealkylation sites (tertiary alicyclic amines) is 1. The number of phenols is 1. The van der Waals surface area contributed by atoms with E-state index in [9.17, 15) is 9.90 Å². The standard InChI is InChI=1S/C17H26N2O2/c1-3-9-18-15-8-10-19(12-13(15)2)17(21)11-14-6-4-5-7-16(14)20/h4-7,13,15,18,20H,3,8-12H2,1-2H3. The third kappa shape index (κ3) is 4.21. The molecule has 0 aromatic heterocycles. The lowest BCUT2D eigenvalue weighted by molar-refractivity contribution is -0.132. The maximum Gasteiger partial charge on any atom is 0.227 e. The summed E-state index contributed by atoms with van der Waals surface area (Å²) < 4.78 is 0. The van der Waals surface area contributed by atoms with E-state index in [1.165, 1.54) is 0 Å². The van der Waals surface area contributed by atoms with E-state index in [-0.39, 0.29) is 18.1 Å². The lowest BCUT2D eigenvalue weighted by Crippen LogP contribution is -2.50. The number of hydrogen-bond acceptors (Lipinski definition) is 3. The van der Waals surface area contributed by atoms with Crippen LogP contribution < -0.4 is 5.32 Å². The number of rotatable bonds is 5. The molecule has 1 fully saturated rings. The second-order valence-electron chi connectivity index (χ2n) is 5.97. The van der Waals surface area contributed by atoms with Gasteiger partial charge in [0.1, 0.15) is 5.75 Å². The SMILES string of the molecule is CCCNC1CCN(C(=O)Cc2ccccc2O)CC1C. The van der Waals surface area contributed by atoms with Crippen molar-refractivity contribution in [3.05, 3.63) is 29.8 Å². The van der Waals surface area contributed by atoms with Crippen LogP contribution in [0.4, 0.5) is 0 Å². The minimum absolute atomic E-state index is 0.109. The van der Waals surface area contributed by atoms with Crippen LogP contribution in [0, 0.1) is 5.92 Å².